The Hall–Kier alpha value is -5.04. The van der Waals surface area contributed by atoms with Crippen LogP contribution in [0.1, 0.15) is 16.1 Å². The third-order valence-corrected chi connectivity index (χ3v) is 6.36. The van der Waals surface area contributed by atoms with Gasteiger partial charge in [-0.3, -0.25) is 19.6 Å². The Morgan fingerprint density at radius 2 is 1.77 bits per heavy atom. The lowest BCUT2D eigenvalue weighted by Gasteiger charge is -2.26. The van der Waals surface area contributed by atoms with Gasteiger partial charge in [-0.05, 0) is 31.2 Å². The minimum absolute atomic E-state index is 0.00402. The van der Waals surface area contributed by atoms with Crippen LogP contribution in [0.25, 0.3) is 5.69 Å². The Morgan fingerprint density at radius 1 is 1.02 bits per heavy atom. The van der Waals surface area contributed by atoms with E-state index >= 15 is 0 Å². The van der Waals surface area contributed by atoms with Gasteiger partial charge in [0.25, 0.3) is 11.5 Å². The first kappa shape index (κ1) is 26.6. The number of aromatic nitrogens is 4. The van der Waals surface area contributed by atoms with Crippen molar-refractivity contribution in [1.29, 1.82) is 0 Å². The van der Waals surface area contributed by atoms with Crippen molar-refractivity contribution in [1.82, 2.24) is 24.2 Å². The monoisotopic (exact) mass is 547 g/mol. The van der Waals surface area contributed by atoms with Gasteiger partial charge in [0.05, 0.1) is 24.6 Å². The molecule has 2 aromatic carbocycles. The number of rotatable bonds is 6. The molecule has 2 aromatic heterocycles. The molecule has 3 amide bonds. The van der Waals surface area contributed by atoms with Gasteiger partial charge in [0.1, 0.15) is 17.7 Å². The number of amides is 3. The predicted octanol–water partition coefficient (Wildman–Crippen LogP) is 3.32. The summed E-state index contributed by atoms with van der Waals surface area (Å²) in [5, 5.41) is 5.23. The Morgan fingerprint density at radius 3 is 2.50 bits per heavy atom. The normalized spacial score (nSPS) is 13.1. The van der Waals surface area contributed by atoms with Crippen molar-refractivity contribution in [2.45, 2.75) is 6.92 Å². The standard InChI is InChI=1S/C27H26FN7O5/c1-17-24(26(37)35(33(17)2)19-6-4-3-5-7-19)25(36)31-18-8-9-21(20(28)14-18)40-23-15-22(29-16-30-23)32-27(38)34-10-12-39-13-11-34/h3-9,14-16H,10-13H2,1-2H3,(H,31,36)(H,29,30,32,38). The number of carbonyl (C=O) groups excluding carboxylic acids is 2. The Balaban J connectivity index is 1.28. The molecule has 4 aromatic rings. The van der Waals surface area contributed by atoms with E-state index in [0.717, 1.165) is 6.07 Å². The molecule has 0 aliphatic carbocycles. The van der Waals surface area contributed by atoms with Crippen molar-refractivity contribution in [3.8, 4) is 17.3 Å². The Kier molecular flexibility index (Phi) is 7.55. The maximum Gasteiger partial charge on any atom is 0.323 e. The van der Waals surface area contributed by atoms with Gasteiger partial charge < -0.3 is 19.7 Å². The van der Waals surface area contributed by atoms with E-state index in [1.165, 1.54) is 29.2 Å². The van der Waals surface area contributed by atoms with Gasteiger partial charge in [-0.25, -0.2) is 23.8 Å². The van der Waals surface area contributed by atoms with E-state index in [0.29, 0.717) is 37.7 Å². The number of para-hydroxylation sites is 1. The maximum absolute atomic E-state index is 14.9. The first-order valence-electron chi connectivity index (χ1n) is 12.4. The van der Waals surface area contributed by atoms with Crippen molar-refractivity contribution < 1.29 is 23.5 Å². The molecule has 1 fully saturated rings. The third kappa shape index (κ3) is 5.54. The quantitative estimate of drug-likeness (QED) is 0.378. The van der Waals surface area contributed by atoms with E-state index in [9.17, 15) is 18.8 Å². The summed E-state index contributed by atoms with van der Waals surface area (Å²) in [7, 11) is 1.68. The van der Waals surface area contributed by atoms with Crippen molar-refractivity contribution in [2.24, 2.45) is 7.05 Å². The van der Waals surface area contributed by atoms with Crippen LogP contribution in [0, 0.1) is 12.7 Å². The van der Waals surface area contributed by atoms with Crippen molar-refractivity contribution in [3.05, 3.63) is 88.4 Å². The molecule has 1 aliphatic heterocycles. The molecule has 0 unspecified atom stereocenters. The smallest absolute Gasteiger partial charge is 0.323 e. The molecule has 0 bridgehead atoms. The molecule has 5 rings (SSSR count). The van der Waals surface area contributed by atoms with E-state index < -0.39 is 17.3 Å². The number of hydrogen-bond donors (Lipinski definition) is 2. The second-order valence-electron chi connectivity index (χ2n) is 8.91. The predicted molar refractivity (Wildman–Crippen MR) is 144 cm³/mol. The fourth-order valence-corrected chi connectivity index (χ4v) is 4.22. The molecular formula is C27H26FN7O5. The van der Waals surface area contributed by atoms with Crippen LogP contribution in [0.2, 0.25) is 0 Å². The summed E-state index contributed by atoms with van der Waals surface area (Å²) in [6, 6.07) is 13.8. The zero-order valence-electron chi connectivity index (χ0n) is 21.8. The third-order valence-electron chi connectivity index (χ3n) is 6.36. The summed E-state index contributed by atoms with van der Waals surface area (Å²) in [4.78, 5) is 48.1. The fourth-order valence-electron chi connectivity index (χ4n) is 4.22. The average molecular weight is 548 g/mol. The lowest BCUT2D eigenvalue weighted by atomic mass is 10.2. The highest BCUT2D eigenvalue weighted by Crippen LogP contribution is 2.27. The van der Waals surface area contributed by atoms with E-state index in [1.54, 1.807) is 47.8 Å². The molecule has 2 N–H and O–H groups in total. The van der Waals surface area contributed by atoms with Crippen LogP contribution >= 0.6 is 0 Å². The van der Waals surface area contributed by atoms with Crippen LogP contribution < -0.4 is 20.9 Å². The van der Waals surface area contributed by atoms with Gasteiger partial charge in [-0.15, -0.1) is 0 Å². The van der Waals surface area contributed by atoms with Crippen LogP contribution in [0.4, 0.5) is 20.7 Å². The summed E-state index contributed by atoms with van der Waals surface area (Å²) in [5.74, 6) is -1.42. The molecule has 0 spiro atoms. The number of halogens is 1. The van der Waals surface area contributed by atoms with Crippen LogP contribution in [-0.2, 0) is 11.8 Å². The van der Waals surface area contributed by atoms with Crippen LogP contribution in [0.15, 0.2) is 65.7 Å². The summed E-state index contributed by atoms with van der Waals surface area (Å²) in [5.41, 5.74) is 0.638. The topological polar surface area (TPSA) is 133 Å². The number of ether oxygens (including phenoxy) is 2. The Labute approximate surface area is 228 Å². The number of nitrogens with one attached hydrogen (secondary N) is 2. The number of nitrogens with zero attached hydrogens (tertiary/aromatic N) is 5. The minimum atomic E-state index is -0.776. The fraction of sp³-hybridized carbons (Fsp3) is 0.222. The molecule has 1 saturated heterocycles. The molecule has 3 heterocycles. The molecular weight excluding hydrogens is 521 g/mol. The number of benzene rings is 2. The maximum atomic E-state index is 14.9. The van der Waals surface area contributed by atoms with Crippen molar-refractivity contribution in [3.63, 3.8) is 0 Å². The molecule has 12 nitrogen and oxygen atoms in total. The molecule has 13 heteroatoms. The Bertz CT molecular complexity index is 1610. The zero-order chi connectivity index (χ0) is 28.2. The van der Waals surface area contributed by atoms with E-state index in [1.807, 2.05) is 6.07 Å². The van der Waals surface area contributed by atoms with Gasteiger partial charge in [-0.2, -0.15) is 0 Å². The van der Waals surface area contributed by atoms with Crippen LogP contribution in [-0.4, -0.2) is 62.5 Å². The highest BCUT2D eigenvalue weighted by atomic mass is 19.1. The minimum Gasteiger partial charge on any atom is -0.436 e. The molecule has 1 aliphatic rings. The van der Waals surface area contributed by atoms with Gasteiger partial charge in [0, 0.05) is 38.0 Å². The summed E-state index contributed by atoms with van der Waals surface area (Å²) in [6.07, 6.45) is 1.18. The second kappa shape index (κ2) is 11.4. The first-order chi connectivity index (χ1) is 19.3. The van der Waals surface area contributed by atoms with E-state index in [-0.39, 0.29) is 34.7 Å². The summed E-state index contributed by atoms with van der Waals surface area (Å²) >= 11 is 0. The molecule has 0 radical (unpaired) electrons. The summed E-state index contributed by atoms with van der Waals surface area (Å²) < 4.78 is 28.7. The zero-order valence-corrected chi connectivity index (χ0v) is 21.8. The number of hydrogen-bond acceptors (Lipinski definition) is 7. The number of anilines is 2. The molecule has 206 valence electrons. The lowest BCUT2D eigenvalue weighted by Crippen LogP contribution is -2.43. The highest BCUT2D eigenvalue weighted by molar-refractivity contribution is 6.05. The molecule has 40 heavy (non-hydrogen) atoms. The van der Waals surface area contributed by atoms with Crippen LogP contribution in [0.3, 0.4) is 0 Å². The highest BCUT2D eigenvalue weighted by Gasteiger charge is 2.23. The van der Waals surface area contributed by atoms with Crippen LogP contribution in [0.5, 0.6) is 11.6 Å². The molecule has 0 atom stereocenters. The van der Waals surface area contributed by atoms with Gasteiger partial charge in [-0.1, -0.05) is 18.2 Å². The van der Waals surface area contributed by atoms with Gasteiger partial charge in [0.2, 0.25) is 5.88 Å². The lowest BCUT2D eigenvalue weighted by molar-refractivity contribution is 0.0564. The van der Waals surface area contributed by atoms with Gasteiger partial charge in [0.15, 0.2) is 11.6 Å². The number of urea groups is 1. The van der Waals surface area contributed by atoms with E-state index in [4.69, 9.17) is 9.47 Å². The first-order valence-corrected chi connectivity index (χ1v) is 12.4. The second-order valence-corrected chi connectivity index (χ2v) is 8.91. The van der Waals surface area contributed by atoms with Crippen molar-refractivity contribution in [2.75, 3.05) is 36.9 Å². The number of carbonyl (C=O) groups is 2. The molecule has 0 saturated carbocycles. The van der Waals surface area contributed by atoms with Crippen molar-refractivity contribution >= 4 is 23.4 Å². The number of morpholine rings is 1. The summed E-state index contributed by atoms with van der Waals surface area (Å²) in [6.45, 7) is 3.49. The average Bonchev–Trinajstić information content (AvgIpc) is 3.18. The van der Waals surface area contributed by atoms with Gasteiger partial charge >= 0.3 is 6.03 Å². The SMILES string of the molecule is Cc1c(C(=O)Nc2ccc(Oc3cc(NC(=O)N4CCOCC4)ncn3)c(F)c2)c(=O)n(-c2ccccc2)n1C. The van der Waals surface area contributed by atoms with E-state index in [2.05, 4.69) is 20.6 Å². The largest absolute Gasteiger partial charge is 0.436 e.